The van der Waals surface area contributed by atoms with E-state index in [0.717, 1.165) is 5.56 Å². The molecular weight excluding hydrogens is 345 g/mol. The monoisotopic (exact) mass is 367 g/mol. The van der Waals surface area contributed by atoms with Gasteiger partial charge in [0.1, 0.15) is 5.82 Å². The van der Waals surface area contributed by atoms with Crippen molar-refractivity contribution < 1.29 is 19.1 Å². The summed E-state index contributed by atoms with van der Waals surface area (Å²) < 4.78 is 14.6. The molecule has 0 fully saturated rings. The van der Waals surface area contributed by atoms with Gasteiger partial charge in [0.25, 0.3) is 5.91 Å². The van der Waals surface area contributed by atoms with Crippen LogP contribution in [0.1, 0.15) is 37.9 Å². The van der Waals surface area contributed by atoms with Crippen LogP contribution in [0.5, 0.6) is 0 Å². The Balaban J connectivity index is 2.13. The van der Waals surface area contributed by atoms with Crippen LogP contribution < -0.4 is 0 Å². The van der Waals surface area contributed by atoms with Crippen molar-refractivity contribution in [3.63, 3.8) is 0 Å². The van der Waals surface area contributed by atoms with Gasteiger partial charge in [-0.25, -0.2) is 4.39 Å². The lowest BCUT2D eigenvalue weighted by atomic mass is 9.82. The van der Waals surface area contributed by atoms with E-state index in [1.807, 2.05) is 30.3 Å². The van der Waals surface area contributed by atoms with Crippen molar-refractivity contribution in [3.8, 4) is 0 Å². The van der Waals surface area contributed by atoms with Gasteiger partial charge in [0.15, 0.2) is 11.5 Å². The largest absolute Gasteiger partial charge is 0.503 e. The topological polar surface area (TPSA) is 57.6 Å². The molecule has 27 heavy (non-hydrogen) atoms. The SMILES string of the molecule is CC(C)(C)C(=O)C1=C(O)C(=O)N(Cc2ccccc2)[C@@H]1c1ccccc1F. The summed E-state index contributed by atoms with van der Waals surface area (Å²) in [4.78, 5) is 27.1. The van der Waals surface area contributed by atoms with Crippen LogP contribution in [0.25, 0.3) is 0 Å². The molecule has 0 bridgehead atoms. The number of hydrogen-bond donors (Lipinski definition) is 1. The van der Waals surface area contributed by atoms with Gasteiger partial charge in [-0.15, -0.1) is 0 Å². The van der Waals surface area contributed by atoms with Gasteiger partial charge in [-0.3, -0.25) is 9.59 Å². The molecule has 1 N–H and O–H groups in total. The maximum absolute atomic E-state index is 14.6. The van der Waals surface area contributed by atoms with E-state index in [2.05, 4.69) is 0 Å². The summed E-state index contributed by atoms with van der Waals surface area (Å²) >= 11 is 0. The standard InChI is InChI=1S/C22H22FNO3/c1-22(2,3)20(26)17-18(15-11-7-8-12-16(15)23)24(21(27)19(17)25)13-14-9-5-4-6-10-14/h4-12,18,25H,13H2,1-3H3/t18-/m1/s1. The molecule has 1 heterocycles. The maximum Gasteiger partial charge on any atom is 0.290 e. The average molecular weight is 367 g/mol. The van der Waals surface area contributed by atoms with E-state index in [0.29, 0.717) is 0 Å². The molecule has 0 aromatic heterocycles. The first-order chi connectivity index (χ1) is 12.7. The fourth-order valence-corrected chi connectivity index (χ4v) is 3.25. The van der Waals surface area contributed by atoms with Gasteiger partial charge in [0, 0.05) is 17.5 Å². The number of nitrogens with zero attached hydrogens (tertiary/aromatic N) is 1. The predicted octanol–water partition coefficient (Wildman–Crippen LogP) is 4.34. The van der Waals surface area contributed by atoms with Crippen molar-refractivity contribution in [1.29, 1.82) is 0 Å². The summed E-state index contributed by atoms with van der Waals surface area (Å²) in [5.41, 5.74) is 0.145. The third-order valence-electron chi connectivity index (χ3n) is 4.63. The third kappa shape index (κ3) is 3.50. The van der Waals surface area contributed by atoms with E-state index in [-0.39, 0.29) is 23.5 Å². The second kappa shape index (κ2) is 6.99. The molecule has 5 heteroatoms. The van der Waals surface area contributed by atoms with Crippen LogP contribution >= 0.6 is 0 Å². The van der Waals surface area contributed by atoms with E-state index < -0.39 is 28.9 Å². The Bertz CT molecular complexity index is 913. The Kier molecular flexibility index (Phi) is 4.87. The molecule has 2 aromatic rings. The molecule has 0 radical (unpaired) electrons. The highest BCUT2D eigenvalue weighted by atomic mass is 19.1. The van der Waals surface area contributed by atoms with Crippen LogP contribution in [0.2, 0.25) is 0 Å². The summed E-state index contributed by atoms with van der Waals surface area (Å²) in [6.45, 7) is 5.28. The number of benzene rings is 2. The van der Waals surface area contributed by atoms with Crippen LogP contribution in [0.3, 0.4) is 0 Å². The van der Waals surface area contributed by atoms with Gasteiger partial charge in [0.05, 0.1) is 11.6 Å². The Morgan fingerprint density at radius 2 is 1.67 bits per heavy atom. The van der Waals surface area contributed by atoms with Gasteiger partial charge in [-0.05, 0) is 11.6 Å². The Morgan fingerprint density at radius 3 is 2.26 bits per heavy atom. The molecule has 0 unspecified atom stereocenters. The molecule has 140 valence electrons. The molecule has 1 aliphatic rings. The molecule has 1 amide bonds. The highest BCUT2D eigenvalue weighted by Crippen LogP contribution is 2.42. The smallest absolute Gasteiger partial charge is 0.290 e. The molecule has 2 aromatic carbocycles. The van der Waals surface area contributed by atoms with Crippen LogP contribution in [0, 0.1) is 11.2 Å². The summed E-state index contributed by atoms with van der Waals surface area (Å²) in [6.07, 6.45) is 0. The predicted molar refractivity (Wildman–Crippen MR) is 100 cm³/mol. The lowest BCUT2D eigenvalue weighted by Gasteiger charge is -2.29. The van der Waals surface area contributed by atoms with E-state index >= 15 is 0 Å². The highest BCUT2D eigenvalue weighted by Gasteiger charge is 2.46. The first-order valence-electron chi connectivity index (χ1n) is 8.79. The number of carbonyl (C=O) groups is 2. The van der Waals surface area contributed by atoms with Crippen LogP contribution in [-0.2, 0) is 16.1 Å². The number of amides is 1. The molecule has 0 aliphatic carbocycles. The van der Waals surface area contributed by atoms with Gasteiger partial charge < -0.3 is 10.0 Å². The number of aliphatic hydroxyl groups is 1. The molecule has 1 aliphatic heterocycles. The van der Waals surface area contributed by atoms with Gasteiger partial charge >= 0.3 is 0 Å². The number of rotatable bonds is 4. The molecular formula is C22H22FNO3. The Morgan fingerprint density at radius 1 is 1.07 bits per heavy atom. The molecule has 0 saturated heterocycles. The summed E-state index contributed by atoms with van der Waals surface area (Å²) in [6, 6.07) is 14.3. The third-order valence-corrected chi connectivity index (χ3v) is 4.63. The second-order valence-electron chi connectivity index (χ2n) is 7.68. The van der Waals surface area contributed by atoms with Crippen LogP contribution in [0.15, 0.2) is 65.9 Å². The number of aliphatic hydroxyl groups excluding tert-OH is 1. The Labute approximate surface area is 157 Å². The van der Waals surface area contributed by atoms with E-state index in [1.54, 1.807) is 39.0 Å². The van der Waals surface area contributed by atoms with Gasteiger partial charge in [-0.1, -0.05) is 69.3 Å². The first kappa shape index (κ1) is 18.8. The minimum Gasteiger partial charge on any atom is -0.503 e. The van der Waals surface area contributed by atoms with E-state index in [4.69, 9.17) is 0 Å². The van der Waals surface area contributed by atoms with Crippen molar-refractivity contribution in [1.82, 2.24) is 4.90 Å². The normalized spacial score (nSPS) is 17.6. The molecule has 1 atom stereocenters. The number of Topliss-reactive ketones (excluding diaryl/α,β-unsaturated/α-hetero) is 1. The van der Waals surface area contributed by atoms with Crippen molar-refractivity contribution in [2.24, 2.45) is 5.41 Å². The minimum atomic E-state index is -0.967. The second-order valence-corrected chi connectivity index (χ2v) is 7.68. The fraction of sp³-hybridized carbons (Fsp3) is 0.273. The zero-order chi connectivity index (χ0) is 19.8. The Hall–Kier alpha value is -2.95. The first-order valence-corrected chi connectivity index (χ1v) is 8.79. The lowest BCUT2D eigenvalue weighted by molar-refractivity contribution is -0.130. The number of halogens is 1. The molecule has 0 saturated carbocycles. The zero-order valence-electron chi connectivity index (χ0n) is 15.6. The van der Waals surface area contributed by atoms with E-state index in [9.17, 15) is 19.1 Å². The number of carbonyl (C=O) groups excluding carboxylic acids is 2. The zero-order valence-corrected chi connectivity index (χ0v) is 15.6. The van der Waals surface area contributed by atoms with Gasteiger partial charge in [0.2, 0.25) is 0 Å². The number of hydrogen-bond acceptors (Lipinski definition) is 3. The lowest BCUT2D eigenvalue weighted by Crippen LogP contribution is -2.33. The van der Waals surface area contributed by atoms with Crippen molar-refractivity contribution >= 4 is 11.7 Å². The van der Waals surface area contributed by atoms with Crippen molar-refractivity contribution in [2.75, 3.05) is 0 Å². The molecule has 3 rings (SSSR count). The van der Waals surface area contributed by atoms with E-state index in [1.165, 1.54) is 11.0 Å². The fourth-order valence-electron chi connectivity index (χ4n) is 3.25. The number of ketones is 1. The summed E-state index contributed by atoms with van der Waals surface area (Å²) in [5, 5.41) is 10.5. The van der Waals surface area contributed by atoms with Crippen LogP contribution in [-0.4, -0.2) is 21.7 Å². The summed E-state index contributed by atoms with van der Waals surface area (Å²) in [5.74, 6) is -2.17. The molecule has 4 nitrogen and oxygen atoms in total. The quantitative estimate of drug-likeness (QED) is 0.875. The summed E-state index contributed by atoms with van der Waals surface area (Å²) in [7, 11) is 0. The van der Waals surface area contributed by atoms with Crippen LogP contribution in [0.4, 0.5) is 4.39 Å². The van der Waals surface area contributed by atoms with Gasteiger partial charge in [-0.2, -0.15) is 0 Å². The highest BCUT2D eigenvalue weighted by molar-refractivity contribution is 6.10. The van der Waals surface area contributed by atoms with Crippen molar-refractivity contribution in [2.45, 2.75) is 33.4 Å². The minimum absolute atomic E-state index is 0.0477. The molecule has 0 spiro atoms. The average Bonchev–Trinajstić information content (AvgIpc) is 2.86. The van der Waals surface area contributed by atoms with Crippen molar-refractivity contribution in [3.05, 3.63) is 82.9 Å². The maximum atomic E-state index is 14.6.